The van der Waals surface area contributed by atoms with Crippen molar-refractivity contribution in [1.29, 1.82) is 0 Å². The minimum atomic E-state index is -2.82. The fraction of sp³-hybridized carbons (Fsp3) is 0.467. The molecule has 0 spiro atoms. The summed E-state index contributed by atoms with van der Waals surface area (Å²) in [5.41, 5.74) is 0.894. The molecule has 1 fully saturated rings. The standard InChI is InChI=1S/C15H19N3O3S/c1-18(9-12-7-8-22(19,20)11-12)10-14-16-15(21-17-14)13-5-3-2-4-6-13/h2-6,12H,7-11H2,1H3/t12-/m1/s1. The van der Waals surface area contributed by atoms with Crippen LogP contribution in [0.5, 0.6) is 0 Å². The molecular weight excluding hydrogens is 302 g/mol. The summed E-state index contributed by atoms with van der Waals surface area (Å²) in [4.78, 5) is 6.43. The van der Waals surface area contributed by atoms with Crippen molar-refractivity contribution in [2.45, 2.75) is 13.0 Å². The minimum absolute atomic E-state index is 0.204. The first kappa shape index (κ1) is 15.2. The van der Waals surface area contributed by atoms with Crippen molar-refractivity contribution < 1.29 is 12.9 Å². The molecule has 1 atom stereocenters. The fourth-order valence-electron chi connectivity index (χ4n) is 2.78. The summed E-state index contributed by atoms with van der Waals surface area (Å²) in [5, 5.41) is 3.99. The van der Waals surface area contributed by atoms with Gasteiger partial charge in [0.05, 0.1) is 18.1 Å². The predicted molar refractivity (Wildman–Crippen MR) is 82.8 cm³/mol. The predicted octanol–water partition coefficient (Wildman–Crippen LogP) is 1.60. The molecule has 2 heterocycles. The lowest BCUT2D eigenvalue weighted by Crippen LogP contribution is -2.26. The Bertz CT molecular complexity index is 728. The van der Waals surface area contributed by atoms with Crippen LogP contribution in [0.25, 0.3) is 11.5 Å². The molecule has 3 rings (SSSR count). The molecule has 0 amide bonds. The van der Waals surface area contributed by atoms with Crippen LogP contribution in [-0.4, -0.2) is 48.6 Å². The van der Waals surface area contributed by atoms with Crippen molar-refractivity contribution in [2.75, 3.05) is 25.1 Å². The van der Waals surface area contributed by atoms with E-state index in [0.29, 0.717) is 29.8 Å². The molecule has 0 unspecified atom stereocenters. The van der Waals surface area contributed by atoms with Crippen molar-refractivity contribution >= 4 is 9.84 Å². The Labute approximate surface area is 130 Å². The van der Waals surface area contributed by atoms with Crippen LogP contribution < -0.4 is 0 Å². The van der Waals surface area contributed by atoms with Crippen LogP contribution in [0.4, 0.5) is 0 Å². The van der Waals surface area contributed by atoms with Gasteiger partial charge in [-0.25, -0.2) is 8.42 Å². The van der Waals surface area contributed by atoms with Gasteiger partial charge in [0.1, 0.15) is 0 Å². The smallest absolute Gasteiger partial charge is 0.257 e. The molecule has 1 aromatic heterocycles. The molecule has 0 radical (unpaired) electrons. The summed E-state index contributed by atoms with van der Waals surface area (Å²) < 4.78 is 28.2. The zero-order valence-electron chi connectivity index (χ0n) is 12.5. The highest BCUT2D eigenvalue weighted by molar-refractivity contribution is 7.91. The highest BCUT2D eigenvalue weighted by Crippen LogP contribution is 2.20. The van der Waals surface area contributed by atoms with E-state index in [0.717, 1.165) is 18.5 Å². The van der Waals surface area contributed by atoms with Gasteiger partial charge >= 0.3 is 0 Å². The Morgan fingerprint density at radius 3 is 2.77 bits per heavy atom. The second kappa shape index (κ2) is 6.18. The molecule has 118 valence electrons. The van der Waals surface area contributed by atoms with Crippen LogP contribution in [0.2, 0.25) is 0 Å². The van der Waals surface area contributed by atoms with Gasteiger partial charge in [-0.2, -0.15) is 4.98 Å². The first-order valence-corrected chi connectivity index (χ1v) is 9.11. The maximum atomic E-state index is 11.5. The quantitative estimate of drug-likeness (QED) is 0.832. The maximum Gasteiger partial charge on any atom is 0.257 e. The van der Waals surface area contributed by atoms with E-state index in [1.807, 2.05) is 42.3 Å². The maximum absolute atomic E-state index is 11.5. The third-order valence-corrected chi connectivity index (χ3v) is 5.63. The lowest BCUT2D eigenvalue weighted by Gasteiger charge is -2.17. The number of sulfone groups is 1. The molecule has 6 nitrogen and oxygen atoms in total. The van der Waals surface area contributed by atoms with E-state index in [4.69, 9.17) is 4.52 Å². The van der Waals surface area contributed by atoms with Crippen molar-refractivity contribution in [3.63, 3.8) is 0 Å². The minimum Gasteiger partial charge on any atom is -0.334 e. The summed E-state index contributed by atoms with van der Waals surface area (Å²) in [6.45, 7) is 1.28. The molecule has 22 heavy (non-hydrogen) atoms. The van der Waals surface area contributed by atoms with Crippen LogP contribution in [0.1, 0.15) is 12.2 Å². The number of hydrogen-bond acceptors (Lipinski definition) is 6. The van der Waals surface area contributed by atoms with Crippen molar-refractivity contribution in [3.8, 4) is 11.5 Å². The molecule has 7 heteroatoms. The largest absolute Gasteiger partial charge is 0.334 e. The third-order valence-electron chi connectivity index (χ3n) is 3.80. The van der Waals surface area contributed by atoms with Crippen LogP contribution in [-0.2, 0) is 16.4 Å². The fourth-order valence-corrected chi connectivity index (χ4v) is 4.63. The number of hydrogen-bond donors (Lipinski definition) is 0. The van der Waals surface area contributed by atoms with Gasteiger partial charge in [-0.1, -0.05) is 23.4 Å². The van der Waals surface area contributed by atoms with Gasteiger partial charge in [0.2, 0.25) is 0 Å². The molecule has 0 aliphatic carbocycles. The van der Waals surface area contributed by atoms with Gasteiger partial charge in [0.15, 0.2) is 15.7 Å². The Morgan fingerprint density at radius 2 is 2.09 bits per heavy atom. The number of benzene rings is 1. The summed E-state index contributed by atoms with van der Waals surface area (Å²) in [7, 11) is -0.874. The van der Waals surface area contributed by atoms with Gasteiger partial charge in [0.25, 0.3) is 5.89 Å². The lowest BCUT2D eigenvalue weighted by molar-refractivity contribution is 0.270. The van der Waals surface area contributed by atoms with Crippen LogP contribution >= 0.6 is 0 Å². The zero-order chi connectivity index (χ0) is 15.6. The Morgan fingerprint density at radius 1 is 1.32 bits per heavy atom. The van der Waals surface area contributed by atoms with Crippen LogP contribution in [0, 0.1) is 5.92 Å². The SMILES string of the molecule is CN(Cc1noc(-c2ccccc2)n1)C[C@H]1CCS(=O)(=O)C1. The van der Waals surface area contributed by atoms with Gasteiger partial charge in [-0.15, -0.1) is 0 Å². The average Bonchev–Trinajstić information content (AvgIpc) is 3.06. The molecule has 1 aromatic carbocycles. The number of nitrogens with zero attached hydrogens (tertiary/aromatic N) is 3. The highest BCUT2D eigenvalue weighted by Gasteiger charge is 2.28. The van der Waals surface area contributed by atoms with Gasteiger partial charge in [-0.3, -0.25) is 4.90 Å². The van der Waals surface area contributed by atoms with Crippen LogP contribution in [0.3, 0.4) is 0 Å². The molecular formula is C15H19N3O3S. The molecule has 1 aliphatic rings. The lowest BCUT2D eigenvalue weighted by atomic mass is 10.1. The molecule has 1 saturated heterocycles. The third kappa shape index (κ3) is 3.72. The second-order valence-electron chi connectivity index (χ2n) is 5.85. The van der Waals surface area contributed by atoms with E-state index >= 15 is 0 Å². The van der Waals surface area contributed by atoms with Gasteiger partial charge in [0, 0.05) is 12.1 Å². The summed E-state index contributed by atoms with van der Waals surface area (Å²) >= 11 is 0. The van der Waals surface area contributed by atoms with E-state index in [9.17, 15) is 8.42 Å². The molecule has 1 aliphatic heterocycles. The summed E-state index contributed by atoms with van der Waals surface area (Å²) in [6.07, 6.45) is 0.744. The zero-order valence-corrected chi connectivity index (χ0v) is 13.3. The second-order valence-corrected chi connectivity index (χ2v) is 8.08. The molecule has 0 N–H and O–H groups in total. The number of aromatic nitrogens is 2. The van der Waals surface area contributed by atoms with E-state index in [1.54, 1.807) is 0 Å². The first-order chi connectivity index (χ1) is 10.5. The summed E-state index contributed by atoms with van der Waals surface area (Å²) in [5.74, 6) is 1.93. The van der Waals surface area contributed by atoms with Crippen molar-refractivity contribution in [1.82, 2.24) is 15.0 Å². The summed E-state index contributed by atoms with van der Waals surface area (Å²) in [6, 6.07) is 9.62. The van der Waals surface area contributed by atoms with E-state index < -0.39 is 9.84 Å². The van der Waals surface area contributed by atoms with E-state index in [-0.39, 0.29) is 5.92 Å². The topological polar surface area (TPSA) is 76.3 Å². The molecule has 2 aromatic rings. The van der Waals surface area contributed by atoms with Gasteiger partial charge < -0.3 is 4.52 Å². The molecule has 0 saturated carbocycles. The monoisotopic (exact) mass is 321 g/mol. The Balaban J connectivity index is 1.58. The highest BCUT2D eigenvalue weighted by atomic mass is 32.2. The Kier molecular flexibility index (Phi) is 4.26. The number of rotatable bonds is 5. The normalized spacial score (nSPS) is 20.5. The van der Waals surface area contributed by atoms with Crippen LogP contribution in [0.15, 0.2) is 34.9 Å². The van der Waals surface area contributed by atoms with Crippen molar-refractivity contribution in [2.24, 2.45) is 5.92 Å². The van der Waals surface area contributed by atoms with E-state index in [1.165, 1.54) is 0 Å². The van der Waals surface area contributed by atoms with Crippen molar-refractivity contribution in [3.05, 3.63) is 36.2 Å². The van der Waals surface area contributed by atoms with E-state index in [2.05, 4.69) is 10.1 Å². The first-order valence-electron chi connectivity index (χ1n) is 7.29. The Hall–Kier alpha value is -1.73. The molecule has 0 bridgehead atoms. The van der Waals surface area contributed by atoms with Gasteiger partial charge in [-0.05, 0) is 31.5 Å². The average molecular weight is 321 g/mol.